The van der Waals surface area contributed by atoms with E-state index >= 15 is 0 Å². The van der Waals surface area contributed by atoms with Gasteiger partial charge in [0.2, 0.25) is 5.91 Å². The van der Waals surface area contributed by atoms with Gasteiger partial charge < -0.3 is 9.73 Å². The fraction of sp³-hybridized carbons (Fsp3) is 0.467. The molecule has 0 saturated heterocycles. The van der Waals surface area contributed by atoms with Crippen molar-refractivity contribution in [1.82, 2.24) is 25.9 Å². The molecule has 22 heavy (non-hydrogen) atoms. The lowest BCUT2D eigenvalue weighted by Crippen LogP contribution is -2.34. The first-order valence-corrected chi connectivity index (χ1v) is 7.50. The summed E-state index contributed by atoms with van der Waals surface area (Å²) in [6, 6.07) is 3.89. The summed E-state index contributed by atoms with van der Waals surface area (Å²) in [4.78, 5) is 12.0. The molecule has 2 atom stereocenters. The molecule has 1 amide bonds. The Hall–Kier alpha value is -2.44. The van der Waals surface area contributed by atoms with Crippen LogP contribution in [0.3, 0.4) is 0 Å². The van der Waals surface area contributed by atoms with Crippen LogP contribution in [0.1, 0.15) is 49.4 Å². The number of aromatic nitrogens is 4. The van der Waals surface area contributed by atoms with Crippen LogP contribution in [0, 0.1) is 5.92 Å². The second kappa shape index (κ2) is 4.79. The van der Waals surface area contributed by atoms with E-state index in [1.54, 1.807) is 6.08 Å². The summed E-state index contributed by atoms with van der Waals surface area (Å²) in [6.07, 6.45) is 6.02. The maximum Gasteiger partial charge on any atom is 0.244 e. The number of amides is 1. The van der Waals surface area contributed by atoms with Crippen molar-refractivity contribution in [2.75, 3.05) is 0 Å². The Labute approximate surface area is 127 Å². The van der Waals surface area contributed by atoms with Crippen molar-refractivity contribution >= 4 is 12.0 Å². The Morgan fingerprint density at radius 3 is 2.95 bits per heavy atom. The molecule has 114 valence electrons. The number of carbonyl (C=O) groups is 1. The fourth-order valence-electron chi connectivity index (χ4n) is 2.71. The summed E-state index contributed by atoms with van der Waals surface area (Å²) in [5, 5.41) is 16.8. The highest BCUT2D eigenvalue weighted by Crippen LogP contribution is 2.47. The Kier molecular flexibility index (Phi) is 2.88. The molecule has 2 fully saturated rings. The van der Waals surface area contributed by atoms with Gasteiger partial charge in [-0.1, -0.05) is 12.1 Å². The van der Waals surface area contributed by atoms with Gasteiger partial charge in [-0.05, 0) is 43.4 Å². The quantitative estimate of drug-likeness (QED) is 0.820. The van der Waals surface area contributed by atoms with Crippen molar-refractivity contribution in [3.05, 3.63) is 35.6 Å². The maximum atomic E-state index is 12.0. The zero-order chi connectivity index (χ0) is 15.2. The lowest BCUT2D eigenvalue weighted by molar-refractivity contribution is -0.117. The molecule has 2 aliphatic carbocycles. The molecule has 2 aromatic heterocycles. The summed E-state index contributed by atoms with van der Waals surface area (Å²) in [6.45, 7) is 2.21. The highest BCUT2D eigenvalue weighted by molar-refractivity contribution is 5.92. The van der Waals surface area contributed by atoms with Crippen molar-refractivity contribution in [2.45, 2.75) is 37.6 Å². The minimum atomic E-state index is -0.452. The molecule has 2 N–H and O–H groups in total. The summed E-state index contributed by atoms with van der Waals surface area (Å²) < 4.78 is 5.74. The second-order valence-corrected chi connectivity index (χ2v) is 6.20. The van der Waals surface area contributed by atoms with Crippen molar-refractivity contribution in [3.8, 4) is 0 Å². The standard InChI is InChI=1S/C15H17N5O2/c1-9-8-11(9)12-4-2-10(22-12)3-5-13(21)16-15(6-7-15)14-17-19-20-18-14/h2-5,9,11H,6-8H2,1H3,(H,16,21)(H,17,18,19,20)/b5-3+. The second-order valence-electron chi connectivity index (χ2n) is 6.20. The highest BCUT2D eigenvalue weighted by atomic mass is 16.3. The topological polar surface area (TPSA) is 96.7 Å². The van der Waals surface area contributed by atoms with Gasteiger partial charge in [0.15, 0.2) is 5.82 Å². The number of nitrogens with one attached hydrogen (secondary N) is 2. The first-order valence-electron chi connectivity index (χ1n) is 7.50. The molecule has 2 saturated carbocycles. The van der Waals surface area contributed by atoms with Crippen molar-refractivity contribution in [2.24, 2.45) is 5.92 Å². The molecular weight excluding hydrogens is 282 g/mol. The molecule has 7 heteroatoms. The van der Waals surface area contributed by atoms with Crippen molar-refractivity contribution in [1.29, 1.82) is 0 Å². The van der Waals surface area contributed by atoms with Crippen LogP contribution in [-0.4, -0.2) is 26.5 Å². The van der Waals surface area contributed by atoms with Gasteiger partial charge in [0.1, 0.15) is 17.1 Å². The smallest absolute Gasteiger partial charge is 0.244 e. The summed E-state index contributed by atoms with van der Waals surface area (Å²) in [5.74, 6) is 3.32. The largest absolute Gasteiger partial charge is 0.461 e. The SMILES string of the molecule is CC1CC1c1ccc(/C=C/C(=O)NC2(c3nn[nH]n3)CC2)o1. The average Bonchev–Trinajstić information content (AvgIpc) is 3.29. The Morgan fingerprint density at radius 2 is 2.32 bits per heavy atom. The van der Waals surface area contributed by atoms with Gasteiger partial charge in [-0.15, -0.1) is 10.2 Å². The summed E-state index contributed by atoms with van der Waals surface area (Å²) >= 11 is 0. The van der Waals surface area contributed by atoms with E-state index in [-0.39, 0.29) is 5.91 Å². The van der Waals surface area contributed by atoms with Crippen LogP contribution in [0.15, 0.2) is 22.6 Å². The number of furan rings is 1. The number of hydrogen-bond acceptors (Lipinski definition) is 5. The molecule has 2 heterocycles. The van der Waals surface area contributed by atoms with Crippen LogP contribution < -0.4 is 5.32 Å². The predicted molar refractivity (Wildman–Crippen MR) is 77.5 cm³/mol. The number of rotatable bonds is 5. The van der Waals surface area contributed by atoms with Gasteiger partial charge in [0.25, 0.3) is 0 Å². The molecule has 2 aromatic rings. The molecule has 0 radical (unpaired) electrons. The lowest BCUT2D eigenvalue weighted by Gasteiger charge is -2.10. The number of tetrazole rings is 1. The highest BCUT2D eigenvalue weighted by Gasteiger charge is 2.49. The third-order valence-corrected chi connectivity index (χ3v) is 4.41. The third-order valence-electron chi connectivity index (χ3n) is 4.41. The monoisotopic (exact) mass is 299 g/mol. The van der Waals surface area contributed by atoms with E-state index in [9.17, 15) is 4.79 Å². The van der Waals surface area contributed by atoms with Gasteiger partial charge in [-0.2, -0.15) is 5.21 Å². The van der Waals surface area contributed by atoms with E-state index in [4.69, 9.17) is 4.42 Å². The van der Waals surface area contributed by atoms with Crippen LogP contribution in [0.25, 0.3) is 6.08 Å². The van der Waals surface area contributed by atoms with Gasteiger partial charge in [-0.25, -0.2) is 0 Å². The molecule has 0 aromatic carbocycles. The van der Waals surface area contributed by atoms with Crippen molar-refractivity contribution < 1.29 is 9.21 Å². The number of aromatic amines is 1. The maximum absolute atomic E-state index is 12.0. The molecule has 7 nitrogen and oxygen atoms in total. The van der Waals surface area contributed by atoms with Gasteiger partial charge in [-0.3, -0.25) is 4.79 Å². The first-order chi connectivity index (χ1) is 10.7. The lowest BCUT2D eigenvalue weighted by atomic mass is 10.2. The zero-order valence-corrected chi connectivity index (χ0v) is 12.2. The molecule has 0 spiro atoms. The molecular formula is C15H17N5O2. The Morgan fingerprint density at radius 1 is 1.50 bits per heavy atom. The van der Waals surface area contributed by atoms with Crippen LogP contribution in [0.2, 0.25) is 0 Å². The van der Waals surface area contributed by atoms with Gasteiger partial charge >= 0.3 is 0 Å². The third kappa shape index (κ3) is 2.43. The van der Waals surface area contributed by atoms with E-state index in [0.29, 0.717) is 23.4 Å². The van der Waals surface area contributed by atoms with Crippen LogP contribution in [0.4, 0.5) is 0 Å². The average molecular weight is 299 g/mol. The van der Waals surface area contributed by atoms with E-state index in [1.807, 2.05) is 12.1 Å². The predicted octanol–water partition coefficient (Wildman–Crippen LogP) is 1.73. The van der Waals surface area contributed by atoms with E-state index < -0.39 is 5.54 Å². The zero-order valence-electron chi connectivity index (χ0n) is 12.2. The minimum absolute atomic E-state index is 0.181. The molecule has 2 unspecified atom stereocenters. The van der Waals surface area contributed by atoms with E-state index in [2.05, 4.69) is 32.9 Å². The number of H-pyrrole nitrogens is 1. The number of hydrogen-bond donors (Lipinski definition) is 2. The Bertz CT molecular complexity index is 714. The summed E-state index contributed by atoms with van der Waals surface area (Å²) in [5.41, 5.74) is -0.452. The molecule has 2 aliphatic rings. The fourth-order valence-corrected chi connectivity index (χ4v) is 2.71. The number of nitrogens with zero attached hydrogens (tertiary/aromatic N) is 3. The van der Waals surface area contributed by atoms with Crippen LogP contribution in [-0.2, 0) is 10.3 Å². The van der Waals surface area contributed by atoms with Crippen LogP contribution in [0.5, 0.6) is 0 Å². The molecule has 0 bridgehead atoms. The van der Waals surface area contributed by atoms with Gasteiger partial charge in [0.05, 0.1) is 0 Å². The summed E-state index contributed by atoms with van der Waals surface area (Å²) in [7, 11) is 0. The van der Waals surface area contributed by atoms with E-state index in [1.165, 1.54) is 12.5 Å². The molecule has 0 aliphatic heterocycles. The van der Waals surface area contributed by atoms with E-state index in [0.717, 1.165) is 18.6 Å². The first kappa shape index (κ1) is 13.2. The molecule has 4 rings (SSSR count). The minimum Gasteiger partial charge on any atom is -0.461 e. The van der Waals surface area contributed by atoms with Crippen molar-refractivity contribution in [3.63, 3.8) is 0 Å². The Balaban J connectivity index is 1.39. The van der Waals surface area contributed by atoms with Crippen LogP contribution >= 0.6 is 0 Å². The normalized spacial score (nSPS) is 25.3. The number of carbonyl (C=O) groups excluding carboxylic acids is 1. The van der Waals surface area contributed by atoms with Gasteiger partial charge in [0, 0.05) is 12.0 Å².